The molecule has 25 heavy (non-hydrogen) atoms. The zero-order valence-corrected chi connectivity index (χ0v) is 15.2. The van der Waals surface area contributed by atoms with Crippen LogP contribution in [0, 0.1) is 0 Å². The summed E-state index contributed by atoms with van der Waals surface area (Å²) in [5, 5.41) is 4.57. The Morgan fingerprint density at radius 1 is 1.36 bits per heavy atom. The van der Waals surface area contributed by atoms with Gasteiger partial charge in [-0.05, 0) is 12.1 Å². The average Bonchev–Trinajstić information content (AvgIpc) is 3.19. The van der Waals surface area contributed by atoms with E-state index in [0.717, 1.165) is 4.70 Å². The lowest BCUT2D eigenvalue weighted by molar-refractivity contribution is -0.130. The number of carbonyl (C=O) groups excluding carboxylic acids is 1. The molecule has 2 heterocycles. The van der Waals surface area contributed by atoms with Gasteiger partial charge in [0.1, 0.15) is 6.54 Å². The number of nitrogens with zero attached hydrogens (tertiary/aromatic N) is 4. The van der Waals surface area contributed by atoms with Crippen molar-refractivity contribution in [2.45, 2.75) is 32.7 Å². The standard InChI is InChI=1S/C17H20N4O3S/c1-11(2)16-18-14(19-24-16)8-9-20(3)15(22)10-21-17(23)12-6-4-5-7-13(12)25-21/h4-7,11H,8-10H2,1-3H3. The third kappa shape index (κ3) is 3.79. The zero-order chi connectivity index (χ0) is 18.0. The molecule has 0 saturated carbocycles. The summed E-state index contributed by atoms with van der Waals surface area (Å²) in [6.45, 7) is 4.47. The van der Waals surface area contributed by atoms with Gasteiger partial charge < -0.3 is 9.42 Å². The zero-order valence-electron chi connectivity index (χ0n) is 14.4. The maximum atomic E-state index is 12.4. The fraction of sp³-hybridized carbons (Fsp3) is 0.412. The number of aromatic nitrogens is 3. The van der Waals surface area contributed by atoms with Crippen molar-refractivity contribution < 1.29 is 9.32 Å². The van der Waals surface area contributed by atoms with Gasteiger partial charge in [-0.15, -0.1) is 0 Å². The molecule has 0 aliphatic rings. The van der Waals surface area contributed by atoms with E-state index in [-0.39, 0.29) is 23.9 Å². The molecule has 0 bridgehead atoms. The number of rotatable bonds is 6. The van der Waals surface area contributed by atoms with Crippen molar-refractivity contribution in [1.29, 1.82) is 0 Å². The van der Waals surface area contributed by atoms with Crippen LogP contribution in [0.1, 0.15) is 31.5 Å². The SMILES string of the molecule is CC(C)c1nc(CCN(C)C(=O)Cn2sc3ccccc3c2=O)no1. The van der Waals surface area contributed by atoms with Crippen molar-refractivity contribution in [2.75, 3.05) is 13.6 Å². The molecule has 0 aliphatic carbocycles. The Morgan fingerprint density at radius 3 is 2.80 bits per heavy atom. The summed E-state index contributed by atoms with van der Waals surface area (Å²) in [6, 6.07) is 7.37. The highest BCUT2D eigenvalue weighted by atomic mass is 32.1. The van der Waals surface area contributed by atoms with Gasteiger partial charge in [-0.1, -0.05) is 42.7 Å². The first-order valence-corrected chi connectivity index (χ1v) is 8.88. The number of hydrogen-bond donors (Lipinski definition) is 0. The van der Waals surface area contributed by atoms with Crippen LogP contribution in [0.5, 0.6) is 0 Å². The number of carbonyl (C=O) groups is 1. The largest absolute Gasteiger partial charge is 0.344 e. The first kappa shape index (κ1) is 17.3. The van der Waals surface area contributed by atoms with Crippen LogP contribution in [0.25, 0.3) is 10.1 Å². The lowest BCUT2D eigenvalue weighted by Gasteiger charge is -2.15. The Morgan fingerprint density at radius 2 is 2.12 bits per heavy atom. The summed E-state index contributed by atoms with van der Waals surface area (Å²) in [5.41, 5.74) is -0.123. The van der Waals surface area contributed by atoms with Crippen molar-refractivity contribution in [1.82, 2.24) is 19.0 Å². The van der Waals surface area contributed by atoms with Crippen molar-refractivity contribution in [2.24, 2.45) is 0 Å². The fourth-order valence-corrected chi connectivity index (χ4v) is 3.35. The van der Waals surface area contributed by atoms with Crippen LogP contribution < -0.4 is 5.56 Å². The summed E-state index contributed by atoms with van der Waals surface area (Å²) < 4.78 is 7.54. The quantitative estimate of drug-likeness (QED) is 0.673. The number of likely N-dealkylation sites (N-methyl/N-ethyl adjacent to an activating group) is 1. The smallest absolute Gasteiger partial charge is 0.268 e. The van der Waals surface area contributed by atoms with Gasteiger partial charge in [-0.2, -0.15) is 4.98 Å². The Hall–Kier alpha value is -2.48. The normalized spacial score (nSPS) is 11.4. The van der Waals surface area contributed by atoms with Gasteiger partial charge in [0.2, 0.25) is 11.8 Å². The molecule has 8 heteroatoms. The monoisotopic (exact) mass is 360 g/mol. The number of hydrogen-bond acceptors (Lipinski definition) is 6. The molecule has 7 nitrogen and oxygen atoms in total. The van der Waals surface area contributed by atoms with Crippen LogP contribution in [0.15, 0.2) is 33.6 Å². The second kappa shape index (κ2) is 7.18. The number of fused-ring (bicyclic) bond motifs is 1. The maximum Gasteiger partial charge on any atom is 0.268 e. The lowest BCUT2D eigenvalue weighted by Crippen LogP contribution is -2.33. The molecule has 0 N–H and O–H groups in total. The van der Waals surface area contributed by atoms with E-state index >= 15 is 0 Å². The molecule has 0 radical (unpaired) electrons. The Labute approximate surface area is 149 Å². The molecule has 0 aliphatic heterocycles. The van der Waals surface area contributed by atoms with E-state index in [2.05, 4.69) is 10.1 Å². The van der Waals surface area contributed by atoms with E-state index in [9.17, 15) is 9.59 Å². The predicted octanol–water partition coefficient (Wildman–Crippen LogP) is 2.27. The molecule has 2 aromatic heterocycles. The molecule has 0 unspecified atom stereocenters. The highest BCUT2D eigenvalue weighted by Crippen LogP contribution is 2.16. The molecule has 3 aromatic rings. The van der Waals surface area contributed by atoms with E-state index in [4.69, 9.17) is 4.52 Å². The van der Waals surface area contributed by atoms with Crippen LogP contribution >= 0.6 is 11.5 Å². The van der Waals surface area contributed by atoms with E-state index in [1.54, 1.807) is 18.0 Å². The number of amides is 1. The van der Waals surface area contributed by atoms with Crippen molar-refractivity contribution in [3.05, 3.63) is 46.3 Å². The Balaban J connectivity index is 1.61. The first-order chi connectivity index (χ1) is 12.0. The van der Waals surface area contributed by atoms with Gasteiger partial charge in [0.25, 0.3) is 5.56 Å². The minimum atomic E-state index is -0.124. The van der Waals surface area contributed by atoms with Crippen molar-refractivity contribution >= 4 is 27.5 Å². The molecule has 0 spiro atoms. The lowest BCUT2D eigenvalue weighted by atomic mass is 10.2. The third-order valence-corrected chi connectivity index (χ3v) is 4.97. The summed E-state index contributed by atoms with van der Waals surface area (Å²) in [7, 11) is 1.71. The van der Waals surface area contributed by atoms with Crippen LogP contribution in [0.4, 0.5) is 0 Å². The van der Waals surface area contributed by atoms with Gasteiger partial charge in [-0.3, -0.25) is 13.5 Å². The van der Waals surface area contributed by atoms with Crippen molar-refractivity contribution in [3.8, 4) is 0 Å². The summed E-state index contributed by atoms with van der Waals surface area (Å²) in [4.78, 5) is 30.6. The molecular weight excluding hydrogens is 340 g/mol. The Bertz CT molecular complexity index is 941. The van der Waals surface area contributed by atoms with Crippen LogP contribution in [-0.4, -0.2) is 38.5 Å². The van der Waals surface area contributed by atoms with Crippen LogP contribution in [0.3, 0.4) is 0 Å². The topological polar surface area (TPSA) is 81.2 Å². The summed E-state index contributed by atoms with van der Waals surface area (Å²) in [6.07, 6.45) is 0.514. The van der Waals surface area contributed by atoms with Crippen LogP contribution in [-0.2, 0) is 17.8 Å². The van der Waals surface area contributed by atoms with Gasteiger partial charge in [0.05, 0.1) is 10.1 Å². The maximum absolute atomic E-state index is 12.4. The molecule has 1 amide bonds. The molecule has 0 atom stereocenters. The minimum absolute atomic E-state index is 0.0398. The molecule has 3 rings (SSSR count). The van der Waals surface area contributed by atoms with Crippen molar-refractivity contribution in [3.63, 3.8) is 0 Å². The van der Waals surface area contributed by atoms with E-state index < -0.39 is 0 Å². The summed E-state index contributed by atoms with van der Waals surface area (Å²) in [5.74, 6) is 1.24. The first-order valence-electron chi connectivity index (χ1n) is 8.11. The Kier molecular flexibility index (Phi) is 4.98. The fourth-order valence-electron chi connectivity index (χ4n) is 2.36. The molecule has 0 fully saturated rings. The second-order valence-electron chi connectivity index (χ2n) is 6.20. The minimum Gasteiger partial charge on any atom is -0.344 e. The molecule has 1 aromatic carbocycles. The highest BCUT2D eigenvalue weighted by Gasteiger charge is 2.15. The second-order valence-corrected chi connectivity index (χ2v) is 7.26. The third-order valence-electron chi connectivity index (χ3n) is 3.91. The van der Waals surface area contributed by atoms with E-state index in [0.29, 0.717) is 30.1 Å². The van der Waals surface area contributed by atoms with Gasteiger partial charge in [0, 0.05) is 25.9 Å². The average molecular weight is 360 g/mol. The van der Waals surface area contributed by atoms with Crippen LogP contribution in [0.2, 0.25) is 0 Å². The molecular formula is C17H20N4O3S. The van der Waals surface area contributed by atoms with E-state index in [1.165, 1.54) is 15.5 Å². The van der Waals surface area contributed by atoms with Gasteiger partial charge in [0.15, 0.2) is 5.82 Å². The molecule has 0 saturated heterocycles. The highest BCUT2D eigenvalue weighted by molar-refractivity contribution is 7.13. The summed E-state index contributed by atoms with van der Waals surface area (Å²) >= 11 is 1.31. The predicted molar refractivity (Wildman–Crippen MR) is 95.8 cm³/mol. The van der Waals surface area contributed by atoms with E-state index in [1.807, 2.05) is 32.0 Å². The van der Waals surface area contributed by atoms with Gasteiger partial charge >= 0.3 is 0 Å². The number of benzene rings is 1. The van der Waals surface area contributed by atoms with Gasteiger partial charge in [-0.25, -0.2) is 0 Å². The molecule has 132 valence electrons.